The Morgan fingerprint density at radius 2 is 2.07 bits per heavy atom. The topological polar surface area (TPSA) is 55.0 Å². The van der Waals surface area contributed by atoms with Crippen LogP contribution in [0.15, 0.2) is 4.79 Å². The summed E-state index contributed by atoms with van der Waals surface area (Å²) in [7, 11) is 1.59. The van der Waals surface area contributed by atoms with E-state index in [0.717, 1.165) is 5.69 Å². The van der Waals surface area contributed by atoms with Crippen molar-refractivity contribution >= 4 is 22.6 Å². The van der Waals surface area contributed by atoms with Gasteiger partial charge in [0.25, 0.3) is 5.56 Å². The van der Waals surface area contributed by atoms with Gasteiger partial charge in [0.2, 0.25) is 0 Å². The number of aryl methyl sites for hydroxylation is 1. The number of aromatic amines is 1. The van der Waals surface area contributed by atoms with E-state index in [4.69, 9.17) is 4.74 Å². The first-order valence-corrected chi connectivity index (χ1v) is 5.28. The van der Waals surface area contributed by atoms with Crippen LogP contribution in [0.25, 0.3) is 0 Å². The molecule has 5 heteroatoms. The van der Waals surface area contributed by atoms with Crippen molar-refractivity contribution in [2.75, 3.05) is 7.11 Å². The minimum Gasteiger partial charge on any atom is -0.371 e. The molecule has 0 saturated carbocycles. The molecule has 0 fully saturated rings. The third-order valence-electron chi connectivity index (χ3n) is 2.11. The highest BCUT2D eigenvalue weighted by atomic mass is 127. The van der Waals surface area contributed by atoms with E-state index in [2.05, 4.69) is 9.97 Å². The Morgan fingerprint density at radius 3 is 2.50 bits per heavy atom. The number of ether oxygens (including phenoxy) is 1. The van der Waals surface area contributed by atoms with Crippen molar-refractivity contribution in [2.24, 2.45) is 0 Å². The molecule has 0 atom stereocenters. The van der Waals surface area contributed by atoms with Crippen LogP contribution in [0.5, 0.6) is 0 Å². The minimum absolute atomic E-state index is 0.113. The maximum Gasteiger partial charge on any atom is 0.264 e. The molecule has 4 nitrogen and oxygen atoms in total. The average molecular weight is 308 g/mol. The molecule has 0 aromatic carbocycles. The van der Waals surface area contributed by atoms with Gasteiger partial charge in [-0.2, -0.15) is 0 Å². The first kappa shape index (κ1) is 11.6. The largest absolute Gasteiger partial charge is 0.371 e. The molecule has 0 amide bonds. The van der Waals surface area contributed by atoms with Crippen LogP contribution in [0.1, 0.15) is 25.4 Å². The number of hydrogen-bond donors (Lipinski definition) is 1. The van der Waals surface area contributed by atoms with E-state index in [0.29, 0.717) is 9.39 Å². The van der Waals surface area contributed by atoms with Crippen LogP contribution in [0.3, 0.4) is 0 Å². The first-order chi connectivity index (χ1) is 6.38. The SMILES string of the molecule is COC(C)(C)c1nc(C)c(I)c(=O)[nH]1. The molecule has 0 saturated heterocycles. The first-order valence-electron chi connectivity index (χ1n) is 4.20. The second-order valence-corrected chi connectivity index (χ2v) is 4.61. The predicted octanol–water partition coefficient (Wildman–Crippen LogP) is 1.56. The molecule has 0 aliphatic rings. The number of aromatic nitrogens is 2. The highest BCUT2D eigenvalue weighted by molar-refractivity contribution is 14.1. The van der Waals surface area contributed by atoms with Crippen LogP contribution in [-0.4, -0.2) is 17.1 Å². The van der Waals surface area contributed by atoms with Crippen LogP contribution in [0.2, 0.25) is 0 Å². The maximum atomic E-state index is 11.5. The average Bonchev–Trinajstić information content (AvgIpc) is 2.13. The van der Waals surface area contributed by atoms with Gasteiger partial charge in [-0.15, -0.1) is 0 Å². The Morgan fingerprint density at radius 1 is 1.50 bits per heavy atom. The summed E-state index contributed by atoms with van der Waals surface area (Å²) in [6.45, 7) is 5.53. The van der Waals surface area contributed by atoms with E-state index in [9.17, 15) is 4.79 Å². The smallest absolute Gasteiger partial charge is 0.264 e. The molecule has 1 N–H and O–H groups in total. The Labute approximate surface area is 96.2 Å². The molecular formula is C9H13IN2O2. The standard InChI is InChI=1S/C9H13IN2O2/c1-5-6(10)7(13)12-8(11-5)9(2,3)14-4/h1-4H3,(H,11,12,13). The number of halogens is 1. The van der Waals surface area contributed by atoms with E-state index in [1.807, 2.05) is 43.4 Å². The molecular weight excluding hydrogens is 295 g/mol. The summed E-state index contributed by atoms with van der Waals surface area (Å²) in [5.41, 5.74) is 0.0570. The Bertz CT molecular complexity index is 398. The van der Waals surface area contributed by atoms with Gasteiger partial charge in [0.05, 0.1) is 9.26 Å². The summed E-state index contributed by atoms with van der Waals surface area (Å²) < 4.78 is 5.86. The molecule has 1 rings (SSSR count). The van der Waals surface area contributed by atoms with Gasteiger partial charge in [0.1, 0.15) is 11.4 Å². The predicted molar refractivity (Wildman–Crippen MR) is 62.3 cm³/mol. The van der Waals surface area contributed by atoms with Gasteiger partial charge in [0, 0.05) is 7.11 Å². The third kappa shape index (κ3) is 2.14. The van der Waals surface area contributed by atoms with Gasteiger partial charge in [0.15, 0.2) is 0 Å². The number of rotatable bonds is 2. The van der Waals surface area contributed by atoms with Gasteiger partial charge < -0.3 is 9.72 Å². The molecule has 0 radical (unpaired) electrons. The summed E-state index contributed by atoms with van der Waals surface area (Å²) in [6, 6.07) is 0. The van der Waals surface area contributed by atoms with Gasteiger partial charge in [-0.1, -0.05) is 0 Å². The number of H-pyrrole nitrogens is 1. The van der Waals surface area contributed by atoms with Gasteiger partial charge >= 0.3 is 0 Å². The van der Waals surface area contributed by atoms with E-state index in [-0.39, 0.29) is 5.56 Å². The van der Waals surface area contributed by atoms with Gasteiger partial charge in [-0.05, 0) is 43.4 Å². The molecule has 78 valence electrons. The molecule has 0 bridgehead atoms. The lowest BCUT2D eigenvalue weighted by molar-refractivity contribution is 0.0111. The van der Waals surface area contributed by atoms with Crippen molar-refractivity contribution in [3.8, 4) is 0 Å². The van der Waals surface area contributed by atoms with E-state index >= 15 is 0 Å². The molecule has 0 unspecified atom stereocenters. The van der Waals surface area contributed by atoms with Crippen molar-refractivity contribution in [1.82, 2.24) is 9.97 Å². The summed E-state index contributed by atoms with van der Waals surface area (Å²) in [4.78, 5) is 18.5. The summed E-state index contributed by atoms with van der Waals surface area (Å²) in [6.07, 6.45) is 0. The molecule has 1 aromatic heterocycles. The molecule has 0 spiro atoms. The van der Waals surface area contributed by atoms with Crippen LogP contribution in [-0.2, 0) is 10.3 Å². The molecule has 0 aliphatic carbocycles. The minimum atomic E-state index is -0.561. The lowest BCUT2D eigenvalue weighted by Crippen LogP contribution is -2.28. The lowest BCUT2D eigenvalue weighted by atomic mass is 10.1. The normalized spacial score (nSPS) is 11.8. The number of methoxy groups -OCH3 is 1. The fourth-order valence-electron chi connectivity index (χ4n) is 0.953. The summed E-state index contributed by atoms with van der Waals surface area (Å²) in [5, 5.41) is 0. The van der Waals surface area contributed by atoms with Crippen molar-refractivity contribution in [1.29, 1.82) is 0 Å². The second-order valence-electron chi connectivity index (χ2n) is 3.53. The zero-order valence-electron chi connectivity index (χ0n) is 8.64. The second kappa shape index (κ2) is 3.98. The summed E-state index contributed by atoms with van der Waals surface area (Å²) in [5.74, 6) is 0.558. The number of nitrogens with one attached hydrogen (secondary N) is 1. The van der Waals surface area contributed by atoms with Crippen LogP contribution < -0.4 is 5.56 Å². The van der Waals surface area contributed by atoms with Crippen LogP contribution in [0, 0.1) is 10.5 Å². The van der Waals surface area contributed by atoms with Crippen LogP contribution >= 0.6 is 22.6 Å². The molecule has 14 heavy (non-hydrogen) atoms. The quantitative estimate of drug-likeness (QED) is 0.844. The number of nitrogens with zero attached hydrogens (tertiary/aromatic N) is 1. The summed E-state index contributed by atoms with van der Waals surface area (Å²) >= 11 is 1.98. The van der Waals surface area contributed by atoms with E-state index in [1.54, 1.807) is 7.11 Å². The van der Waals surface area contributed by atoms with Crippen molar-refractivity contribution < 1.29 is 4.74 Å². The van der Waals surface area contributed by atoms with Crippen molar-refractivity contribution in [3.63, 3.8) is 0 Å². The van der Waals surface area contributed by atoms with E-state index < -0.39 is 5.60 Å². The zero-order valence-corrected chi connectivity index (χ0v) is 10.8. The maximum absolute atomic E-state index is 11.5. The zero-order chi connectivity index (χ0) is 10.9. The Hall–Kier alpha value is -0.430. The molecule has 1 aromatic rings. The molecule has 0 aliphatic heterocycles. The third-order valence-corrected chi connectivity index (χ3v) is 3.38. The Kier molecular flexibility index (Phi) is 3.31. The van der Waals surface area contributed by atoms with Crippen LogP contribution in [0.4, 0.5) is 0 Å². The fraction of sp³-hybridized carbons (Fsp3) is 0.556. The van der Waals surface area contributed by atoms with Gasteiger partial charge in [-0.25, -0.2) is 4.98 Å². The van der Waals surface area contributed by atoms with Gasteiger partial charge in [-0.3, -0.25) is 4.79 Å². The Balaban J connectivity index is 3.33. The monoisotopic (exact) mass is 308 g/mol. The van der Waals surface area contributed by atoms with E-state index in [1.165, 1.54) is 0 Å². The highest BCUT2D eigenvalue weighted by Crippen LogP contribution is 2.19. The van der Waals surface area contributed by atoms with Crippen molar-refractivity contribution in [3.05, 3.63) is 25.4 Å². The highest BCUT2D eigenvalue weighted by Gasteiger charge is 2.23. The molecule has 1 heterocycles. The lowest BCUT2D eigenvalue weighted by Gasteiger charge is -2.21. The number of hydrogen-bond acceptors (Lipinski definition) is 3. The fourth-order valence-corrected chi connectivity index (χ4v) is 1.21. The van der Waals surface area contributed by atoms with Crippen molar-refractivity contribution in [2.45, 2.75) is 26.4 Å².